The molecule has 0 spiro atoms. The standard InChI is InChI=1S/C9H13F3N2O/c1-7(2)8-3-4-14(13-8)5-6-15-9(10,11)12/h3-4,7H,5-6H2,1-2H3. The van der Waals surface area contributed by atoms with Crippen LogP contribution in [0.1, 0.15) is 25.5 Å². The average Bonchev–Trinajstić information content (AvgIpc) is 2.50. The smallest absolute Gasteiger partial charge is 0.290 e. The van der Waals surface area contributed by atoms with Crippen molar-refractivity contribution in [3.8, 4) is 0 Å². The van der Waals surface area contributed by atoms with Gasteiger partial charge in [0.1, 0.15) is 0 Å². The van der Waals surface area contributed by atoms with Gasteiger partial charge in [0.15, 0.2) is 0 Å². The Hall–Kier alpha value is -1.04. The SMILES string of the molecule is CC(C)c1ccn(CCOC(F)(F)F)n1. The zero-order valence-corrected chi connectivity index (χ0v) is 8.58. The summed E-state index contributed by atoms with van der Waals surface area (Å²) >= 11 is 0. The number of halogens is 3. The van der Waals surface area contributed by atoms with E-state index in [0.717, 1.165) is 5.69 Å². The fraction of sp³-hybridized carbons (Fsp3) is 0.667. The van der Waals surface area contributed by atoms with Gasteiger partial charge in [-0.15, -0.1) is 13.2 Å². The van der Waals surface area contributed by atoms with Crippen molar-refractivity contribution in [2.75, 3.05) is 6.61 Å². The normalized spacial score (nSPS) is 12.4. The van der Waals surface area contributed by atoms with Crippen molar-refractivity contribution in [2.24, 2.45) is 0 Å². The Morgan fingerprint density at radius 3 is 2.60 bits per heavy atom. The number of aromatic nitrogens is 2. The molecule has 1 heterocycles. The molecular weight excluding hydrogens is 209 g/mol. The molecule has 0 fully saturated rings. The Balaban J connectivity index is 2.38. The van der Waals surface area contributed by atoms with Crippen LogP contribution >= 0.6 is 0 Å². The van der Waals surface area contributed by atoms with Crippen LogP contribution in [0.25, 0.3) is 0 Å². The number of rotatable bonds is 4. The quantitative estimate of drug-likeness (QED) is 0.782. The molecule has 6 heteroatoms. The molecule has 0 aliphatic rings. The predicted molar refractivity (Wildman–Crippen MR) is 48.3 cm³/mol. The van der Waals surface area contributed by atoms with Crippen LogP contribution in [-0.2, 0) is 11.3 Å². The minimum Gasteiger partial charge on any atom is -0.290 e. The summed E-state index contributed by atoms with van der Waals surface area (Å²) in [4.78, 5) is 0. The van der Waals surface area contributed by atoms with E-state index in [0.29, 0.717) is 0 Å². The predicted octanol–water partition coefficient (Wildman–Crippen LogP) is 2.54. The Labute approximate surface area is 85.8 Å². The van der Waals surface area contributed by atoms with Gasteiger partial charge in [0.25, 0.3) is 0 Å². The first-order valence-corrected chi connectivity index (χ1v) is 4.62. The summed E-state index contributed by atoms with van der Waals surface area (Å²) < 4.78 is 40.0. The van der Waals surface area contributed by atoms with Gasteiger partial charge in [0, 0.05) is 6.20 Å². The maximum Gasteiger partial charge on any atom is 0.522 e. The van der Waals surface area contributed by atoms with Crippen LogP contribution in [0.2, 0.25) is 0 Å². The van der Waals surface area contributed by atoms with E-state index in [1.54, 1.807) is 12.3 Å². The lowest BCUT2D eigenvalue weighted by Crippen LogP contribution is -2.17. The van der Waals surface area contributed by atoms with Gasteiger partial charge in [-0.05, 0) is 12.0 Å². The molecule has 0 aliphatic heterocycles. The van der Waals surface area contributed by atoms with Gasteiger partial charge in [0.2, 0.25) is 0 Å². The van der Waals surface area contributed by atoms with Gasteiger partial charge in [-0.1, -0.05) is 13.8 Å². The highest BCUT2D eigenvalue weighted by atomic mass is 19.4. The summed E-state index contributed by atoms with van der Waals surface area (Å²) in [6.07, 6.45) is -2.91. The Kier molecular flexibility index (Phi) is 3.73. The van der Waals surface area contributed by atoms with E-state index >= 15 is 0 Å². The molecule has 0 unspecified atom stereocenters. The van der Waals surface area contributed by atoms with Gasteiger partial charge >= 0.3 is 6.36 Å². The topological polar surface area (TPSA) is 27.1 Å². The largest absolute Gasteiger partial charge is 0.522 e. The third-order valence-electron chi connectivity index (χ3n) is 1.84. The second-order valence-electron chi connectivity index (χ2n) is 3.45. The van der Waals surface area contributed by atoms with Crippen molar-refractivity contribution >= 4 is 0 Å². The van der Waals surface area contributed by atoms with Crippen molar-refractivity contribution in [1.29, 1.82) is 0 Å². The third-order valence-corrected chi connectivity index (χ3v) is 1.84. The molecule has 15 heavy (non-hydrogen) atoms. The summed E-state index contributed by atoms with van der Waals surface area (Å²) in [6, 6.07) is 1.79. The zero-order chi connectivity index (χ0) is 11.5. The highest BCUT2D eigenvalue weighted by Crippen LogP contribution is 2.16. The molecule has 0 aliphatic carbocycles. The Morgan fingerprint density at radius 2 is 2.13 bits per heavy atom. The molecular formula is C9H13F3N2O. The van der Waals surface area contributed by atoms with E-state index in [4.69, 9.17) is 0 Å². The minimum atomic E-state index is -4.56. The summed E-state index contributed by atoms with van der Waals surface area (Å²) in [5, 5.41) is 4.10. The lowest BCUT2D eigenvalue weighted by molar-refractivity contribution is -0.325. The van der Waals surface area contributed by atoms with Crippen molar-refractivity contribution in [1.82, 2.24) is 9.78 Å². The van der Waals surface area contributed by atoms with Crippen LogP contribution in [0.5, 0.6) is 0 Å². The van der Waals surface area contributed by atoms with E-state index in [9.17, 15) is 13.2 Å². The van der Waals surface area contributed by atoms with Crippen molar-refractivity contribution < 1.29 is 17.9 Å². The van der Waals surface area contributed by atoms with Crippen LogP contribution in [-0.4, -0.2) is 22.7 Å². The maximum atomic E-state index is 11.6. The van der Waals surface area contributed by atoms with Crippen LogP contribution in [0.3, 0.4) is 0 Å². The molecule has 0 N–H and O–H groups in total. The summed E-state index contributed by atoms with van der Waals surface area (Å²) in [5.41, 5.74) is 0.863. The van der Waals surface area contributed by atoms with Crippen LogP contribution < -0.4 is 0 Å². The molecule has 86 valence electrons. The number of ether oxygens (including phenoxy) is 1. The Bertz CT molecular complexity index is 307. The van der Waals surface area contributed by atoms with Gasteiger partial charge in [-0.2, -0.15) is 5.10 Å². The van der Waals surface area contributed by atoms with E-state index in [-0.39, 0.29) is 12.5 Å². The number of hydrogen-bond acceptors (Lipinski definition) is 2. The Morgan fingerprint density at radius 1 is 1.47 bits per heavy atom. The molecule has 0 saturated carbocycles. The van der Waals surface area contributed by atoms with Gasteiger partial charge in [-0.25, -0.2) is 0 Å². The maximum absolute atomic E-state index is 11.6. The fourth-order valence-electron chi connectivity index (χ4n) is 1.06. The molecule has 1 aromatic heterocycles. The molecule has 1 rings (SSSR count). The molecule has 0 radical (unpaired) electrons. The highest BCUT2D eigenvalue weighted by molar-refractivity contribution is 5.03. The summed E-state index contributed by atoms with van der Waals surface area (Å²) in [5.74, 6) is 0.273. The molecule has 0 saturated heterocycles. The lowest BCUT2D eigenvalue weighted by atomic mass is 10.1. The van der Waals surface area contributed by atoms with Gasteiger partial charge in [0.05, 0.1) is 18.8 Å². The lowest BCUT2D eigenvalue weighted by Gasteiger charge is -2.07. The number of nitrogens with zero attached hydrogens (tertiary/aromatic N) is 2. The van der Waals surface area contributed by atoms with E-state index in [2.05, 4.69) is 9.84 Å². The first-order chi connectivity index (χ1) is 6.88. The average molecular weight is 222 g/mol. The third kappa shape index (κ3) is 4.33. The number of hydrogen-bond donors (Lipinski definition) is 0. The van der Waals surface area contributed by atoms with Crippen LogP contribution in [0, 0.1) is 0 Å². The molecule has 0 aromatic carbocycles. The minimum absolute atomic E-state index is 0.103. The van der Waals surface area contributed by atoms with Gasteiger partial charge < -0.3 is 0 Å². The highest BCUT2D eigenvalue weighted by Gasteiger charge is 2.28. The van der Waals surface area contributed by atoms with Crippen molar-refractivity contribution in [2.45, 2.75) is 32.7 Å². The monoisotopic (exact) mass is 222 g/mol. The second-order valence-corrected chi connectivity index (χ2v) is 3.45. The first-order valence-electron chi connectivity index (χ1n) is 4.62. The van der Waals surface area contributed by atoms with Crippen molar-refractivity contribution in [3.63, 3.8) is 0 Å². The number of alkyl halides is 3. The van der Waals surface area contributed by atoms with Crippen LogP contribution in [0.4, 0.5) is 13.2 Å². The fourth-order valence-corrected chi connectivity index (χ4v) is 1.06. The molecule has 0 atom stereocenters. The van der Waals surface area contributed by atoms with Crippen LogP contribution in [0.15, 0.2) is 12.3 Å². The molecule has 3 nitrogen and oxygen atoms in total. The molecule has 1 aromatic rings. The zero-order valence-electron chi connectivity index (χ0n) is 8.58. The molecule has 0 bridgehead atoms. The molecule has 0 amide bonds. The van der Waals surface area contributed by atoms with Crippen molar-refractivity contribution in [3.05, 3.63) is 18.0 Å². The van der Waals surface area contributed by atoms with E-state index in [1.165, 1.54) is 4.68 Å². The van der Waals surface area contributed by atoms with Gasteiger partial charge in [-0.3, -0.25) is 9.42 Å². The first kappa shape index (κ1) is 12.0. The van der Waals surface area contributed by atoms with E-state index in [1.807, 2.05) is 13.8 Å². The summed E-state index contributed by atoms with van der Waals surface area (Å²) in [7, 11) is 0. The van der Waals surface area contributed by atoms with E-state index < -0.39 is 13.0 Å². The second kappa shape index (κ2) is 4.65. The summed E-state index contributed by atoms with van der Waals surface area (Å²) in [6.45, 7) is 3.63.